The number of phenolic OH excluding ortho intramolecular Hbond substituents is 2. The molecule has 2 heteroatoms. The smallest absolute Gasteiger partial charge is 0.119 e. The van der Waals surface area contributed by atoms with Crippen LogP contribution in [0.4, 0.5) is 0 Å². The van der Waals surface area contributed by atoms with Crippen molar-refractivity contribution in [2.75, 3.05) is 0 Å². The molecule has 2 atom stereocenters. The third kappa shape index (κ3) is 4.70. The van der Waals surface area contributed by atoms with E-state index in [1.807, 2.05) is 12.1 Å². The zero-order valence-electron chi connectivity index (χ0n) is 21.3. The van der Waals surface area contributed by atoms with E-state index in [1.165, 1.54) is 36.8 Å². The molecule has 2 N–H and O–H groups in total. The first-order valence-corrected chi connectivity index (χ1v) is 12.7. The van der Waals surface area contributed by atoms with E-state index in [0.29, 0.717) is 29.3 Å². The summed E-state index contributed by atoms with van der Waals surface area (Å²) < 4.78 is 0. The van der Waals surface area contributed by atoms with Crippen LogP contribution in [0.25, 0.3) is 0 Å². The molecule has 0 saturated heterocycles. The molecule has 1 aliphatic rings. The summed E-state index contributed by atoms with van der Waals surface area (Å²) >= 11 is 0. The molecule has 3 rings (SSSR count). The second-order valence-corrected chi connectivity index (χ2v) is 11.2. The van der Waals surface area contributed by atoms with Crippen molar-refractivity contribution in [2.24, 2.45) is 5.92 Å². The summed E-state index contributed by atoms with van der Waals surface area (Å²) in [6.45, 7) is 15.9. The second kappa shape index (κ2) is 9.49. The highest BCUT2D eigenvalue weighted by Gasteiger charge is 2.40. The van der Waals surface area contributed by atoms with Crippen molar-refractivity contribution < 1.29 is 10.2 Å². The summed E-state index contributed by atoms with van der Waals surface area (Å²) in [7, 11) is 0. The van der Waals surface area contributed by atoms with Gasteiger partial charge in [-0.2, -0.15) is 0 Å². The Balaban J connectivity index is 1.80. The molecular weight excluding hydrogens is 392 g/mol. The molecule has 176 valence electrons. The number of aromatic hydroxyl groups is 2. The van der Waals surface area contributed by atoms with Gasteiger partial charge in [-0.25, -0.2) is 0 Å². The Morgan fingerprint density at radius 1 is 0.875 bits per heavy atom. The van der Waals surface area contributed by atoms with Crippen LogP contribution in [-0.2, 0) is 10.8 Å². The molecule has 1 fully saturated rings. The molecule has 2 nitrogen and oxygen atoms in total. The van der Waals surface area contributed by atoms with Gasteiger partial charge in [-0.05, 0) is 101 Å². The van der Waals surface area contributed by atoms with Crippen molar-refractivity contribution >= 4 is 0 Å². The summed E-state index contributed by atoms with van der Waals surface area (Å²) in [6, 6.07) is 12.6. The lowest BCUT2D eigenvalue weighted by atomic mass is 9.60. The molecule has 1 saturated carbocycles. The van der Waals surface area contributed by atoms with Gasteiger partial charge in [0, 0.05) is 0 Å². The maximum Gasteiger partial charge on any atom is 0.119 e. The van der Waals surface area contributed by atoms with Crippen molar-refractivity contribution in [3.8, 4) is 11.5 Å². The molecule has 0 radical (unpaired) electrons. The molecule has 0 spiro atoms. The summed E-state index contributed by atoms with van der Waals surface area (Å²) in [6.07, 6.45) is 6.80. The lowest BCUT2D eigenvalue weighted by Crippen LogP contribution is -2.37. The van der Waals surface area contributed by atoms with Crippen molar-refractivity contribution in [3.05, 3.63) is 58.7 Å². The van der Waals surface area contributed by atoms with Crippen LogP contribution in [0, 0.1) is 5.92 Å². The fraction of sp³-hybridized carbons (Fsp3) is 0.600. The van der Waals surface area contributed by atoms with Crippen LogP contribution in [0.2, 0.25) is 0 Å². The van der Waals surface area contributed by atoms with E-state index in [4.69, 9.17) is 0 Å². The molecule has 0 aliphatic heterocycles. The van der Waals surface area contributed by atoms with Crippen molar-refractivity contribution in [3.63, 3.8) is 0 Å². The predicted octanol–water partition coefficient (Wildman–Crippen LogP) is 8.55. The minimum atomic E-state index is 0.0775. The molecule has 2 aromatic carbocycles. The normalized spacial score (nSPS) is 23.7. The monoisotopic (exact) mass is 436 g/mol. The summed E-state index contributed by atoms with van der Waals surface area (Å²) in [5.74, 6) is 2.24. The Morgan fingerprint density at radius 3 is 1.91 bits per heavy atom. The Bertz CT molecular complexity index is 918. The number of rotatable bonds is 7. The van der Waals surface area contributed by atoms with Crippen molar-refractivity contribution in [2.45, 2.75) is 110 Å². The van der Waals surface area contributed by atoms with Gasteiger partial charge in [0.1, 0.15) is 11.5 Å². The van der Waals surface area contributed by atoms with Gasteiger partial charge in [0.05, 0.1) is 0 Å². The fourth-order valence-electron chi connectivity index (χ4n) is 5.62. The van der Waals surface area contributed by atoms with E-state index >= 15 is 0 Å². The van der Waals surface area contributed by atoms with Crippen molar-refractivity contribution in [1.82, 2.24) is 0 Å². The van der Waals surface area contributed by atoms with Gasteiger partial charge in [-0.15, -0.1) is 0 Å². The van der Waals surface area contributed by atoms with Gasteiger partial charge in [0.25, 0.3) is 0 Å². The zero-order chi connectivity index (χ0) is 23.7. The van der Waals surface area contributed by atoms with E-state index < -0.39 is 0 Å². The Labute approximate surface area is 196 Å². The van der Waals surface area contributed by atoms with E-state index in [1.54, 1.807) is 0 Å². The molecule has 0 aromatic heterocycles. The highest BCUT2D eigenvalue weighted by atomic mass is 16.3. The van der Waals surface area contributed by atoms with Gasteiger partial charge in [-0.1, -0.05) is 72.7 Å². The van der Waals surface area contributed by atoms with Crippen LogP contribution in [0.3, 0.4) is 0 Å². The minimum Gasteiger partial charge on any atom is -0.508 e. The molecule has 1 aliphatic carbocycles. The van der Waals surface area contributed by atoms with E-state index in [-0.39, 0.29) is 10.8 Å². The summed E-state index contributed by atoms with van der Waals surface area (Å²) in [4.78, 5) is 0. The summed E-state index contributed by atoms with van der Waals surface area (Å²) in [5, 5.41) is 20.8. The van der Waals surface area contributed by atoms with Gasteiger partial charge in [-0.3, -0.25) is 0 Å². The van der Waals surface area contributed by atoms with Crippen LogP contribution in [0.5, 0.6) is 11.5 Å². The molecule has 2 aromatic rings. The van der Waals surface area contributed by atoms with Crippen LogP contribution in [0.1, 0.15) is 121 Å². The maximum atomic E-state index is 10.4. The minimum absolute atomic E-state index is 0.0775. The first-order valence-electron chi connectivity index (χ1n) is 12.7. The number of hydrogen-bond donors (Lipinski definition) is 2. The average molecular weight is 437 g/mol. The molecule has 2 unspecified atom stereocenters. The van der Waals surface area contributed by atoms with E-state index in [0.717, 1.165) is 24.0 Å². The predicted molar refractivity (Wildman–Crippen MR) is 136 cm³/mol. The molecule has 0 bridgehead atoms. The first-order chi connectivity index (χ1) is 15.0. The highest BCUT2D eigenvalue weighted by molar-refractivity contribution is 5.43. The SMILES string of the molecule is CCC(C)c1cc(C2(C)CCC(C(C)(C)c3ccc(O)c(C(C)CC)c3)CC2)ccc1O. The van der Waals surface area contributed by atoms with Crippen LogP contribution < -0.4 is 0 Å². The Morgan fingerprint density at radius 2 is 1.38 bits per heavy atom. The third-order valence-corrected chi connectivity index (χ3v) is 8.89. The maximum absolute atomic E-state index is 10.4. The Kier molecular flexibility index (Phi) is 7.32. The fourth-order valence-corrected chi connectivity index (χ4v) is 5.62. The molecular formula is C30H44O2. The highest BCUT2D eigenvalue weighted by Crippen LogP contribution is 2.49. The quantitative estimate of drug-likeness (QED) is 0.456. The van der Waals surface area contributed by atoms with E-state index in [2.05, 4.69) is 72.7 Å². The van der Waals surface area contributed by atoms with Crippen LogP contribution >= 0.6 is 0 Å². The van der Waals surface area contributed by atoms with Crippen molar-refractivity contribution in [1.29, 1.82) is 0 Å². The van der Waals surface area contributed by atoms with Gasteiger partial charge in [0.2, 0.25) is 0 Å². The molecule has 0 heterocycles. The number of phenols is 2. The van der Waals surface area contributed by atoms with Gasteiger partial charge in [0.15, 0.2) is 0 Å². The first kappa shape index (κ1) is 24.7. The topological polar surface area (TPSA) is 40.5 Å². The standard InChI is InChI=1S/C30H44O2/c1-8-20(3)25-18-23(10-12-27(25)31)29(5,6)22-14-16-30(7,17-15-22)24-11-13-28(32)26(19-24)21(4)9-2/h10-13,18-22,31-32H,8-9,14-17H2,1-7H3. The van der Waals surface area contributed by atoms with Gasteiger partial charge < -0.3 is 10.2 Å². The third-order valence-electron chi connectivity index (χ3n) is 8.89. The number of benzene rings is 2. The van der Waals surface area contributed by atoms with Crippen LogP contribution in [0.15, 0.2) is 36.4 Å². The lowest BCUT2D eigenvalue weighted by molar-refractivity contribution is 0.178. The lowest BCUT2D eigenvalue weighted by Gasteiger charge is -2.44. The largest absolute Gasteiger partial charge is 0.508 e. The van der Waals surface area contributed by atoms with Crippen LogP contribution in [-0.4, -0.2) is 10.2 Å². The molecule has 0 amide bonds. The number of hydrogen-bond acceptors (Lipinski definition) is 2. The van der Waals surface area contributed by atoms with Gasteiger partial charge >= 0.3 is 0 Å². The van der Waals surface area contributed by atoms with E-state index in [9.17, 15) is 10.2 Å². The zero-order valence-corrected chi connectivity index (χ0v) is 21.3. The second-order valence-electron chi connectivity index (χ2n) is 11.2. The Hall–Kier alpha value is -1.96. The summed E-state index contributed by atoms with van der Waals surface area (Å²) in [5.41, 5.74) is 5.15. The average Bonchev–Trinajstić information content (AvgIpc) is 2.78. The molecule has 32 heavy (non-hydrogen) atoms.